The van der Waals surface area contributed by atoms with E-state index in [2.05, 4.69) is 37.3 Å². The van der Waals surface area contributed by atoms with Gasteiger partial charge in [-0.15, -0.1) is 0 Å². The van der Waals surface area contributed by atoms with Gasteiger partial charge >= 0.3 is 0 Å². The largest absolute Gasteiger partial charge is 0.354 e. The number of aryl methyl sites for hydroxylation is 1. The summed E-state index contributed by atoms with van der Waals surface area (Å²) in [6.45, 7) is 6.38. The summed E-state index contributed by atoms with van der Waals surface area (Å²) in [5.41, 5.74) is 0.346. The van der Waals surface area contributed by atoms with Crippen LogP contribution >= 0.6 is 11.8 Å². The molecule has 10 nitrogen and oxygen atoms in total. The lowest BCUT2D eigenvalue weighted by atomic mass is 10.1. The first-order valence-electron chi connectivity index (χ1n) is 12.2. The number of halogens is 2. The molecule has 0 unspecified atom stereocenters. The van der Waals surface area contributed by atoms with Gasteiger partial charge in [-0.1, -0.05) is 11.8 Å². The van der Waals surface area contributed by atoms with Gasteiger partial charge in [0.05, 0.1) is 0 Å². The summed E-state index contributed by atoms with van der Waals surface area (Å²) in [7, 11) is 2.11. The summed E-state index contributed by atoms with van der Waals surface area (Å²) in [5, 5.41) is 11.2. The van der Waals surface area contributed by atoms with Crippen LogP contribution < -0.4 is 10.2 Å². The van der Waals surface area contributed by atoms with E-state index in [-0.39, 0.29) is 5.25 Å². The van der Waals surface area contributed by atoms with Gasteiger partial charge in [0.2, 0.25) is 5.95 Å². The van der Waals surface area contributed by atoms with Gasteiger partial charge < -0.3 is 20.0 Å². The highest BCUT2D eigenvalue weighted by molar-refractivity contribution is 7.99. The van der Waals surface area contributed by atoms with E-state index in [1.54, 1.807) is 11.8 Å². The number of thioether (sulfide) groups is 1. The molecule has 5 rings (SSSR count). The second-order valence-corrected chi connectivity index (χ2v) is 10.6. The van der Waals surface area contributed by atoms with E-state index in [1.807, 2.05) is 19.1 Å². The molecule has 2 aliphatic heterocycles. The van der Waals surface area contributed by atoms with E-state index < -0.39 is 23.2 Å². The van der Waals surface area contributed by atoms with Crippen molar-refractivity contribution in [3.63, 3.8) is 0 Å². The summed E-state index contributed by atoms with van der Waals surface area (Å²) >= 11 is 1.56. The third kappa shape index (κ3) is 5.99. The fourth-order valence-electron chi connectivity index (χ4n) is 4.43. The first kappa shape index (κ1) is 25.3. The molecule has 196 valence electrons. The van der Waals surface area contributed by atoms with Crippen LogP contribution in [0.3, 0.4) is 0 Å². The number of pyridine rings is 1. The Morgan fingerprint density at radius 2 is 1.84 bits per heavy atom. The van der Waals surface area contributed by atoms with Gasteiger partial charge in [0.15, 0.2) is 11.0 Å². The van der Waals surface area contributed by atoms with E-state index in [0.717, 1.165) is 50.0 Å². The van der Waals surface area contributed by atoms with Crippen LogP contribution in [-0.2, 0) is 0 Å². The third-order valence-electron chi connectivity index (χ3n) is 6.55. The summed E-state index contributed by atoms with van der Waals surface area (Å²) < 4.78 is 28.1. The minimum atomic E-state index is -1.08. The predicted molar refractivity (Wildman–Crippen MR) is 137 cm³/mol. The van der Waals surface area contributed by atoms with E-state index >= 15 is 0 Å². The van der Waals surface area contributed by atoms with Crippen LogP contribution in [0.15, 0.2) is 29.6 Å². The van der Waals surface area contributed by atoms with E-state index in [9.17, 15) is 13.6 Å². The van der Waals surface area contributed by atoms with Gasteiger partial charge in [-0.05, 0) is 32.9 Å². The zero-order chi connectivity index (χ0) is 25.9. The van der Waals surface area contributed by atoms with Crippen LogP contribution in [0.4, 0.5) is 26.2 Å². The van der Waals surface area contributed by atoms with Crippen LogP contribution in [0.2, 0.25) is 0 Å². The van der Waals surface area contributed by atoms with Gasteiger partial charge in [-0.3, -0.25) is 9.89 Å². The first-order chi connectivity index (χ1) is 17.9. The Morgan fingerprint density at radius 3 is 2.51 bits per heavy atom. The number of nitrogens with one attached hydrogen (secondary N) is 2. The number of H-pyrrole nitrogens is 1. The maximum Gasteiger partial charge on any atom is 0.261 e. The van der Waals surface area contributed by atoms with Crippen molar-refractivity contribution in [2.45, 2.75) is 30.2 Å². The molecule has 3 aromatic rings. The monoisotopic (exact) mass is 529 g/mol. The molecule has 0 aromatic carbocycles. The molecule has 0 radical (unpaired) electrons. The smallest absolute Gasteiger partial charge is 0.261 e. The Balaban J connectivity index is 1.28. The minimum Gasteiger partial charge on any atom is -0.354 e. The number of carbonyl (C=O) groups excluding carboxylic acids is 1. The number of nitrogens with zero attached hydrogens (tertiary/aromatic N) is 7. The third-order valence-corrected chi connectivity index (χ3v) is 7.75. The normalized spacial score (nSPS) is 17.3. The van der Waals surface area contributed by atoms with Crippen LogP contribution in [0, 0.1) is 18.7 Å². The molecule has 37 heavy (non-hydrogen) atoms. The number of piperidine rings is 1. The molecule has 5 heterocycles. The molecule has 1 amide bonds. The number of likely N-dealkylation sites (N-methyl/N-ethyl adjacent to an activating group) is 1. The Labute approximate surface area is 217 Å². The lowest BCUT2D eigenvalue weighted by molar-refractivity contribution is 0.0716. The fourth-order valence-corrected chi connectivity index (χ4v) is 5.47. The molecule has 0 aliphatic carbocycles. The number of aromatic nitrogens is 5. The molecule has 0 bridgehead atoms. The standard InChI is InChI=1S/C24H29F2N9OS/c1-15-13-19(32-31-15)28-18-14-20(34-11-9-33(2)10-12-34)30-24(29-18)37-16-4-7-35(8-5-16)23(36)21-17(25)3-6-27-22(21)26/h3,6,13-14,16H,4-5,7-12H2,1-2H3,(H2,28,29,30,31,32). The van der Waals surface area contributed by atoms with Crippen molar-refractivity contribution >= 4 is 35.1 Å². The Hall–Kier alpha value is -3.32. The molecular formula is C24H29F2N9OS. The van der Waals surface area contributed by atoms with Crippen LogP contribution in [0.1, 0.15) is 28.9 Å². The van der Waals surface area contributed by atoms with E-state index in [0.29, 0.717) is 42.7 Å². The van der Waals surface area contributed by atoms with Crippen LogP contribution in [-0.4, -0.2) is 92.4 Å². The van der Waals surface area contributed by atoms with Crippen LogP contribution in [0.5, 0.6) is 0 Å². The first-order valence-corrected chi connectivity index (χ1v) is 13.1. The van der Waals surface area contributed by atoms with Crippen molar-refractivity contribution in [2.75, 3.05) is 56.5 Å². The van der Waals surface area contributed by atoms with Gasteiger partial charge in [0.25, 0.3) is 5.91 Å². The number of likely N-dealkylation sites (tertiary alicyclic amines) is 1. The molecule has 0 saturated carbocycles. The second kappa shape index (κ2) is 11.0. The Kier molecular flexibility index (Phi) is 7.51. The van der Waals surface area contributed by atoms with Crippen molar-refractivity contribution < 1.29 is 13.6 Å². The van der Waals surface area contributed by atoms with Crippen molar-refractivity contribution in [1.82, 2.24) is 34.9 Å². The minimum absolute atomic E-state index is 0.163. The molecular weight excluding hydrogens is 500 g/mol. The van der Waals surface area contributed by atoms with Crippen LogP contribution in [0.25, 0.3) is 0 Å². The maximum atomic E-state index is 14.1. The lowest BCUT2D eigenvalue weighted by Crippen LogP contribution is -2.44. The molecule has 13 heteroatoms. The summed E-state index contributed by atoms with van der Waals surface area (Å²) in [6, 6.07) is 4.85. The molecule has 3 aromatic heterocycles. The molecule has 0 spiro atoms. The number of amides is 1. The number of anilines is 3. The van der Waals surface area contributed by atoms with Gasteiger partial charge in [-0.25, -0.2) is 19.3 Å². The zero-order valence-corrected chi connectivity index (χ0v) is 21.6. The summed E-state index contributed by atoms with van der Waals surface area (Å²) in [5.74, 6) is -0.444. The number of aromatic amines is 1. The van der Waals surface area contributed by atoms with Crippen molar-refractivity contribution in [2.24, 2.45) is 0 Å². The average molecular weight is 530 g/mol. The lowest BCUT2D eigenvalue weighted by Gasteiger charge is -2.34. The van der Waals surface area contributed by atoms with Gasteiger partial charge in [-0.2, -0.15) is 9.49 Å². The number of rotatable bonds is 6. The molecule has 2 fully saturated rings. The molecule has 0 atom stereocenters. The SMILES string of the molecule is Cc1cc(Nc2cc(N3CCN(C)CC3)nc(SC3CCN(C(=O)c4c(F)ccnc4F)CC3)n2)n[nH]1. The number of hydrogen-bond acceptors (Lipinski definition) is 9. The average Bonchev–Trinajstić information content (AvgIpc) is 3.29. The molecule has 2 N–H and O–H groups in total. The van der Waals surface area contributed by atoms with Crippen molar-refractivity contribution in [3.05, 3.63) is 47.4 Å². The molecule has 2 aliphatic rings. The van der Waals surface area contributed by atoms with Crippen molar-refractivity contribution in [1.29, 1.82) is 0 Å². The van der Waals surface area contributed by atoms with E-state index in [1.165, 1.54) is 4.90 Å². The highest BCUT2D eigenvalue weighted by Gasteiger charge is 2.29. The van der Waals surface area contributed by atoms with E-state index in [4.69, 9.17) is 9.97 Å². The maximum absolute atomic E-state index is 14.1. The Bertz CT molecular complexity index is 1240. The summed E-state index contributed by atoms with van der Waals surface area (Å²) in [4.78, 5) is 31.7. The molecule has 2 saturated heterocycles. The predicted octanol–water partition coefficient (Wildman–Crippen LogP) is 3.07. The Morgan fingerprint density at radius 1 is 1.08 bits per heavy atom. The second-order valence-electron chi connectivity index (χ2n) is 9.31. The number of hydrogen-bond donors (Lipinski definition) is 2. The van der Waals surface area contributed by atoms with Gasteiger partial charge in [0.1, 0.15) is 23.0 Å². The zero-order valence-electron chi connectivity index (χ0n) is 20.7. The topological polar surface area (TPSA) is 106 Å². The number of carbonyl (C=O) groups is 1. The summed E-state index contributed by atoms with van der Waals surface area (Å²) in [6.07, 6.45) is 2.32. The fraction of sp³-hybridized carbons (Fsp3) is 0.458. The highest BCUT2D eigenvalue weighted by Crippen LogP contribution is 2.32. The number of piperazine rings is 1. The van der Waals surface area contributed by atoms with Gasteiger partial charge in [0, 0.05) is 68.5 Å². The quantitative estimate of drug-likeness (QED) is 0.368. The van der Waals surface area contributed by atoms with Crippen molar-refractivity contribution in [3.8, 4) is 0 Å². The highest BCUT2D eigenvalue weighted by atomic mass is 32.2.